The number of rotatable bonds is 4. The van der Waals surface area contributed by atoms with E-state index in [1.54, 1.807) is 18.2 Å². The van der Waals surface area contributed by atoms with Crippen LogP contribution >= 0.6 is 11.6 Å². The van der Waals surface area contributed by atoms with Crippen molar-refractivity contribution in [3.05, 3.63) is 34.3 Å². The maximum absolute atomic E-state index is 11.5. The molecule has 1 aromatic carbocycles. The number of carbonyl (C=O) groups excluding carboxylic acids is 1. The van der Waals surface area contributed by atoms with Crippen LogP contribution in [0.2, 0.25) is 5.02 Å². The third-order valence-corrected chi connectivity index (χ3v) is 3.98. The van der Waals surface area contributed by atoms with E-state index in [4.69, 9.17) is 22.1 Å². The Kier molecular flexibility index (Phi) is 4.80. The fourth-order valence-corrected chi connectivity index (χ4v) is 2.71. The SMILES string of the molecule is COC(=O)c1ccc(Cl)c(CN2CCCC2CN)c1. The highest BCUT2D eigenvalue weighted by atomic mass is 35.5. The predicted octanol–water partition coefficient (Wildman–Crippen LogP) is 2.05. The van der Waals surface area contributed by atoms with Crippen molar-refractivity contribution in [2.24, 2.45) is 5.73 Å². The van der Waals surface area contributed by atoms with E-state index in [-0.39, 0.29) is 5.97 Å². The van der Waals surface area contributed by atoms with Crippen LogP contribution in [0, 0.1) is 0 Å². The summed E-state index contributed by atoms with van der Waals surface area (Å²) in [6.45, 7) is 2.42. The van der Waals surface area contributed by atoms with Gasteiger partial charge in [0.1, 0.15) is 0 Å². The highest BCUT2D eigenvalue weighted by Gasteiger charge is 2.24. The smallest absolute Gasteiger partial charge is 0.337 e. The van der Waals surface area contributed by atoms with Gasteiger partial charge in [0, 0.05) is 24.2 Å². The van der Waals surface area contributed by atoms with E-state index in [9.17, 15) is 4.79 Å². The molecule has 0 saturated carbocycles. The summed E-state index contributed by atoms with van der Waals surface area (Å²) in [5.41, 5.74) is 7.25. The maximum atomic E-state index is 11.5. The van der Waals surface area contributed by atoms with Crippen LogP contribution in [-0.4, -0.2) is 37.1 Å². The minimum Gasteiger partial charge on any atom is -0.465 e. The van der Waals surface area contributed by atoms with Crippen molar-refractivity contribution in [2.45, 2.75) is 25.4 Å². The number of esters is 1. The third-order valence-electron chi connectivity index (χ3n) is 3.61. The molecule has 0 bridgehead atoms. The Balaban J connectivity index is 2.17. The van der Waals surface area contributed by atoms with Gasteiger partial charge < -0.3 is 10.5 Å². The molecule has 0 radical (unpaired) electrons. The van der Waals surface area contributed by atoms with Crippen LogP contribution in [0.3, 0.4) is 0 Å². The Bertz CT molecular complexity index is 465. The molecule has 1 atom stereocenters. The molecule has 2 rings (SSSR count). The highest BCUT2D eigenvalue weighted by molar-refractivity contribution is 6.31. The fourth-order valence-electron chi connectivity index (χ4n) is 2.53. The van der Waals surface area contributed by atoms with Gasteiger partial charge in [-0.05, 0) is 43.1 Å². The van der Waals surface area contributed by atoms with Crippen LogP contribution in [0.15, 0.2) is 18.2 Å². The van der Waals surface area contributed by atoms with E-state index in [0.717, 1.165) is 31.5 Å². The van der Waals surface area contributed by atoms with Gasteiger partial charge >= 0.3 is 5.97 Å². The number of nitrogens with zero attached hydrogens (tertiary/aromatic N) is 1. The standard InChI is InChI=1S/C14H19ClN2O2/c1-19-14(18)10-4-5-13(15)11(7-10)9-17-6-2-3-12(17)8-16/h4-5,7,12H,2-3,6,8-9,16H2,1H3. The van der Waals surface area contributed by atoms with Crippen molar-refractivity contribution >= 4 is 17.6 Å². The quantitative estimate of drug-likeness (QED) is 0.859. The number of benzene rings is 1. The molecule has 1 aromatic rings. The minimum absolute atomic E-state index is 0.338. The number of nitrogens with two attached hydrogens (primary N) is 1. The second-order valence-corrected chi connectivity index (χ2v) is 5.21. The first-order valence-corrected chi connectivity index (χ1v) is 6.84. The molecule has 5 heteroatoms. The average Bonchev–Trinajstić information content (AvgIpc) is 2.87. The monoisotopic (exact) mass is 282 g/mol. The molecule has 104 valence electrons. The average molecular weight is 283 g/mol. The van der Waals surface area contributed by atoms with Crippen molar-refractivity contribution in [3.63, 3.8) is 0 Å². The topological polar surface area (TPSA) is 55.6 Å². The highest BCUT2D eigenvalue weighted by Crippen LogP contribution is 2.24. The van der Waals surface area contributed by atoms with Crippen LogP contribution in [0.4, 0.5) is 0 Å². The molecule has 1 aliphatic rings. The summed E-state index contributed by atoms with van der Waals surface area (Å²) in [6.07, 6.45) is 2.29. The van der Waals surface area contributed by atoms with Crippen molar-refractivity contribution in [1.29, 1.82) is 0 Å². The maximum Gasteiger partial charge on any atom is 0.337 e. The zero-order valence-corrected chi connectivity index (χ0v) is 11.8. The predicted molar refractivity (Wildman–Crippen MR) is 75.3 cm³/mol. The van der Waals surface area contributed by atoms with E-state index < -0.39 is 0 Å². The number of hydrogen-bond donors (Lipinski definition) is 1. The van der Waals surface area contributed by atoms with Crippen LogP contribution < -0.4 is 5.73 Å². The number of carbonyl (C=O) groups is 1. The molecule has 0 aromatic heterocycles. The molecule has 0 spiro atoms. The van der Waals surface area contributed by atoms with Crippen LogP contribution in [0.1, 0.15) is 28.8 Å². The Labute approximate surface area is 118 Å². The van der Waals surface area contributed by atoms with Gasteiger partial charge in [0.05, 0.1) is 12.7 Å². The van der Waals surface area contributed by atoms with Crippen molar-refractivity contribution in [3.8, 4) is 0 Å². The van der Waals surface area contributed by atoms with Crippen LogP contribution in [0.5, 0.6) is 0 Å². The summed E-state index contributed by atoms with van der Waals surface area (Å²) in [5.74, 6) is -0.338. The van der Waals surface area contributed by atoms with Crippen LogP contribution in [-0.2, 0) is 11.3 Å². The minimum atomic E-state index is -0.338. The van der Waals surface area contributed by atoms with Gasteiger partial charge in [0.2, 0.25) is 0 Å². The molecule has 0 aliphatic carbocycles. The summed E-state index contributed by atoms with van der Waals surface area (Å²) in [4.78, 5) is 13.9. The second-order valence-electron chi connectivity index (χ2n) is 4.80. The van der Waals surface area contributed by atoms with Gasteiger partial charge in [-0.1, -0.05) is 11.6 Å². The summed E-state index contributed by atoms with van der Waals surface area (Å²) < 4.78 is 4.73. The zero-order valence-electron chi connectivity index (χ0n) is 11.1. The first-order valence-electron chi connectivity index (χ1n) is 6.46. The molecule has 4 nitrogen and oxygen atoms in total. The zero-order chi connectivity index (χ0) is 13.8. The molecule has 1 unspecified atom stereocenters. The van der Waals surface area contributed by atoms with Gasteiger partial charge in [-0.25, -0.2) is 4.79 Å². The summed E-state index contributed by atoms with van der Waals surface area (Å²) in [5, 5.41) is 0.676. The first-order chi connectivity index (χ1) is 9.15. The third kappa shape index (κ3) is 3.26. The van der Waals surface area contributed by atoms with E-state index in [0.29, 0.717) is 23.2 Å². The lowest BCUT2D eigenvalue weighted by molar-refractivity contribution is 0.0600. The Morgan fingerprint density at radius 3 is 3.05 bits per heavy atom. The first kappa shape index (κ1) is 14.3. The number of likely N-dealkylation sites (tertiary alicyclic amines) is 1. The van der Waals surface area contributed by atoms with Gasteiger partial charge in [-0.2, -0.15) is 0 Å². The molecule has 19 heavy (non-hydrogen) atoms. The second kappa shape index (κ2) is 6.37. The summed E-state index contributed by atoms with van der Waals surface area (Å²) in [7, 11) is 1.38. The fraction of sp³-hybridized carbons (Fsp3) is 0.500. The molecule has 2 N–H and O–H groups in total. The van der Waals surface area contributed by atoms with E-state index in [2.05, 4.69) is 4.90 Å². The van der Waals surface area contributed by atoms with Gasteiger partial charge in [0.25, 0.3) is 0 Å². The number of hydrogen-bond acceptors (Lipinski definition) is 4. The summed E-state index contributed by atoms with van der Waals surface area (Å²) in [6, 6.07) is 5.65. The van der Waals surface area contributed by atoms with Crippen LogP contribution in [0.25, 0.3) is 0 Å². The van der Waals surface area contributed by atoms with E-state index in [1.165, 1.54) is 7.11 Å². The van der Waals surface area contributed by atoms with Crippen molar-refractivity contribution in [1.82, 2.24) is 4.90 Å². The van der Waals surface area contributed by atoms with Crippen molar-refractivity contribution in [2.75, 3.05) is 20.2 Å². The van der Waals surface area contributed by atoms with E-state index in [1.807, 2.05) is 0 Å². The largest absolute Gasteiger partial charge is 0.465 e. The summed E-state index contributed by atoms with van der Waals surface area (Å²) >= 11 is 6.20. The number of methoxy groups -OCH3 is 1. The molecule has 1 saturated heterocycles. The normalized spacial score (nSPS) is 19.6. The molecule has 0 amide bonds. The molecular weight excluding hydrogens is 264 g/mol. The Morgan fingerprint density at radius 1 is 1.58 bits per heavy atom. The van der Waals surface area contributed by atoms with Gasteiger partial charge in [0.15, 0.2) is 0 Å². The van der Waals surface area contributed by atoms with Crippen molar-refractivity contribution < 1.29 is 9.53 Å². The van der Waals surface area contributed by atoms with Gasteiger partial charge in [-0.3, -0.25) is 4.90 Å². The molecule has 1 aliphatic heterocycles. The van der Waals surface area contributed by atoms with E-state index >= 15 is 0 Å². The lowest BCUT2D eigenvalue weighted by atomic mass is 10.1. The lowest BCUT2D eigenvalue weighted by Crippen LogP contribution is -2.34. The Hall–Kier alpha value is -1.10. The lowest BCUT2D eigenvalue weighted by Gasteiger charge is -2.23. The molecule has 1 heterocycles. The molecular formula is C14H19ClN2O2. The number of halogens is 1. The Morgan fingerprint density at radius 2 is 2.37 bits per heavy atom. The van der Waals surface area contributed by atoms with Gasteiger partial charge in [-0.15, -0.1) is 0 Å². The molecule has 1 fully saturated rings. The number of ether oxygens (including phenoxy) is 1.